The minimum absolute atomic E-state index is 0.183. The molecule has 0 atom stereocenters. The molecule has 1 fully saturated rings. The number of carbonyl (C=O) groups is 1. The van der Waals surface area contributed by atoms with Crippen LogP contribution in [0.5, 0.6) is 5.75 Å². The first-order chi connectivity index (χ1) is 9.57. The molecule has 0 aliphatic heterocycles. The molecule has 110 valence electrons. The molecule has 1 saturated carbocycles. The second-order valence-corrected chi connectivity index (χ2v) is 6.44. The summed E-state index contributed by atoms with van der Waals surface area (Å²) in [5.74, 6) is 0.995. The minimum atomic E-state index is -0.183. The average Bonchev–Trinajstić information content (AvgIpc) is 2.88. The third-order valence-corrected chi connectivity index (χ3v) is 4.61. The first-order valence-corrected chi connectivity index (χ1v) is 7.82. The number of halogens is 1. The monoisotopic (exact) mass is 340 g/mol. The summed E-state index contributed by atoms with van der Waals surface area (Å²) in [7, 11) is 1.64. The van der Waals surface area contributed by atoms with Crippen molar-refractivity contribution in [1.29, 1.82) is 0 Å². The zero-order chi connectivity index (χ0) is 14.6. The van der Waals surface area contributed by atoms with Crippen molar-refractivity contribution >= 4 is 21.7 Å². The molecule has 0 unspecified atom stereocenters. The molecule has 2 rings (SSSR count). The molecule has 20 heavy (non-hydrogen) atoms. The molecule has 0 heterocycles. The summed E-state index contributed by atoms with van der Waals surface area (Å²) in [6, 6.07) is 5.58. The van der Waals surface area contributed by atoms with Gasteiger partial charge in [0, 0.05) is 18.1 Å². The molecule has 3 nitrogen and oxygen atoms in total. The van der Waals surface area contributed by atoms with Crippen LogP contribution >= 0.6 is 15.9 Å². The van der Waals surface area contributed by atoms with Crippen LogP contribution in [0.15, 0.2) is 22.7 Å². The zero-order valence-electron chi connectivity index (χ0n) is 12.1. The molecule has 1 aliphatic carbocycles. The number of ketones is 1. The van der Waals surface area contributed by atoms with Gasteiger partial charge >= 0.3 is 0 Å². The van der Waals surface area contributed by atoms with Crippen LogP contribution in [0.2, 0.25) is 0 Å². The van der Waals surface area contributed by atoms with E-state index >= 15 is 0 Å². The Morgan fingerprint density at radius 1 is 1.30 bits per heavy atom. The Balaban J connectivity index is 2.10. The second kappa shape index (κ2) is 6.72. The van der Waals surface area contributed by atoms with Gasteiger partial charge in [0.2, 0.25) is 0 Å². The minimum Gasteiger partial charge on any atom is -0.490 e. The smallest absolute Gasteiger partial charge is 0.168 e. The topological polar surface area (TPSA) is 35.5 Å². The highest BCUT2D eigenvalue weighted by Crippen LogP contribution is 2.41. The molecule has 0 bridgehead atoms. The highest BCUT2D eigenvalue weighted by molar-refractivity contribution is 9.10. The van der Waals surface area contributed by atoms with Gasteiger partial charge in [0.05, 0.1) is 11.1 Å². The van der Waals surface area contributed by atoms with Crippen LogP contribution in [-0.2, 0) is 4.74 Å². The number of benzene rings is 1. The van der Waals surface area contributed by atoms with Crippen molar-refractivity contribution in [3.8, 4) is 5.75 Å². The third-order valence-electron chi connectivity index (χ3n) is 3.99. The maximum atomic E-state index is 12.6. The number of hydrogen-bond acceptors (Lipinski definition) is 3. The average molecular weight is 341 g/mol. The van der Waals surface area contributed by atoms with Crippen LogP contribution < -0.4 is 4.74 Å². The molecule has 1 aromatic carbocycles. The first-order valence-electron chi connectivity index (χ1n) is 7.03. The molecular formula is C16H21BrO3. The Labute approximate surface area is 128 Å². The Kier molecular flexibility index (Phi) is 5.22. The van der Waals surface area contributed by atoms with Gasteiger partial charge in [-0.3, -0.25) is 4.79 Å². The van der Waals surface area contributed by atoms with Crippen molar-refractivity contribution in [1.82, 2.24) is 0 Å². The van der Waals surface area contributed by atoms with Gasteiger partial charge in [-0.25, -0.2) is 0 Å². The molecule has 0 N–H and O–H groups in total. The number of rotatable bonds is 6. The quantitative estimate of drug-likeness (QED) is 0.574. The Morgan fingerprint density at radius 3 is 2.60 bits per heavy atom. The van der Waals surface area contributed by atoms with Crippen molar-refractivity contribution in [2.24, 2.45) is 5.41 Å². The zero-order valence-corrected chi connectivity index (χ0v) is 13.7. The van der Waals surface area contributed by atoms with Gasteiger partial charge in [-0.2, -0.15) is 0 Å². The van der Waals surface area contributed by atoms with E-state index in [1.54, 1.807) is 7.11 Å². The van der Waals surface area contributed by atoms with Crippen molar-refractivity contribution < 1.29 is 14.3 Å². The van der Waals surface area contributed by atoms with Gasteiger partial charge in [-0.15, -0.1) is 0 Å². The predicted molar refractivity (Wildman–Crippen MR) is 82.4 cm³/mol. The summed E-state index contributed by atoms with van der Waals surface area (Å²) in [5, 5.41) is 0. The van der Waals surface area contributed by atoms with Crippen LogP contribution in [-0.4, -0.2) is 26.1 Å². The van der Waals surface area contributed by atoms with E-state index in [0.29, 0.717) is 13.2 Å². The summed E-state index contributed by atoms with van der Waals surface area (Å²) in [6.45, 7) is 3.13. The van der Waals surface area contributed by atoms with E-state index in [4.69, 9.17) is 9.47 Å². The Morgan fingerprint density at radius 2 is 2.00 bits per heavy atom. The summed E-state index contributed by atoms with van der Waals surface area (Å²) >= 11 is 3.48. The van der Waals surface area contributed by atoms with E-state index in [1.807, 2.05) is 18.2 Å². The molecule has 0 amide bonds. The van der Waals surface area contributed by atoms with E-state index in [2.05, 4.69) is 22.9 Å². The molecular weight excluding hydrogens is 320 g/mol. The molecule has 0 radical (unpaired) electrons. The highest BCUT2D eigenvalue weighted by atomic mass is 79.9. The van der Waals surface area contributed by atoms with E-state index in [9.17, 15) is 4.79 Å². The summed E-state index contributed by atoms with van der Waals surface area (Å²) in [4.78, 5) is 12.6. The lowest BCUT2D eigenvalue weighted by Gasteiger charge is -2.22. The Bertz CT molecular complexity index is 479. The fourth-order valence-corrected chi connectivity index (χ4v) is 3.22. The number of methoxy groups -OCH3 is 1. The molecule has 1 aromatic rings. The van der Waals surface area contributed by atoms with Gasteiger partial charge < -0.3 is 9.47 Å². The maximum Gasteiger partial charge on any atom is 0.168 e. The molecule has 1 aliphatic rings. The van der Waals surface area contributed by atoms with Gasteiger partial charge in [-0.1, -0.05) is 19.8 Å². The van der Waals surface area contributed by atoms with Crippen LogP contribution in [0.25, 0.3) is 0 Å². The fraction of sp³-hybridized carbons (Fsp3) is 0.562. The lowest BCUT2D eigenvalue weighted by molar-refractivity contribution is 0.0823. The number of hydrogen-bond donors (Lipinski definition) is 0. The first kappa shape index (κ1) is 15.5. The molecule has 0 aromatic heterocycles. The number of Topliss-reactive ketones (excluding diaryl/α,β-unsaturated/α-hetero) is 1. The summed E-state index contributed by atoms with van der Waals surface area (Å²) in [5.41, 5.74) is 0.582. The molecule has 4 heteroatoms. The van der Waals surface area contributed by atoms with Crippen LogP contribution in [0.1, 0.15) is 43.0 Å². The van der Waals surface area contributed by atoms with Gasteiger partial charge in [0.15, 0.2) is 5.78 Å². The summed E-state index contributed by atoms with van der Waals surface area (Å²) in [6.07, 6.45) is 4.30. The highest BCUT2D eigenvalue weighted by Gasteiger charge is 2.36. The largest absolute Gasteiger partial charge is 0.490 e. The fourth-order valence-electron chi connectivity index (χ4n) is 2.72. The van der Waals surface area contributed by atoms with Crippen LogP contribution in [0.3, 0.4) is 0 Å². The van der Waals surface area contributed by atoms with Gasteiger partial charge in [-0.05, 0) is 47.0 Å². The van der Waals surface area contributed by atoms with Crippen molar-refractivity contribution in [2.75, 3.05) is 20.3 Å². The lowest BCUT2D eigenvalue weighted by Crippen LogP contribution is -2.24. The van der Waals surface area contributed by atoms with Crippen molar-refractivity contribution in [3.05, 3.63) is 28.2 Å². The van der Waals surface area contributed by atoms with E-state index < -0.39 is 0 Å². The number of ether oxygens (including phenoxy) is 2. The second-order valence-electron chi connectivity index (χ2n) is 5.58. The molecule has 0 spiro atoms. The molecule has 0 saturated heterocycles. The van der Waals surface area contributed by atoms with Gasteiger partial charge in [0.1, 0.15) is 12.4 Å². The van der Waals surface area contributed by atoms with Crippen molar-refractivity contribution in [3.63, 3.8) is 0 Å². The SMILES string of the molecule is COCCOc1ccc(C(=O)C2(C)CCCC2)cc1Br. The number of carbonyl (C=O) groups excluding carboxylic acids is 1. The van der Waals surface area contributed by atoms with E-state index in [-0.39, 0.29) is 11.2 Å². The Hall–Kier alpha value is -0.870. The lowest BCUT2D eigenvalue weighted by atomic mass is 9.81. The normalized spacial score (nSPS) is 17.1. The van der Waals surface area contributed by atoms with Gasteiger partial charge in [0.25, 0.3) is 0 Å². The van der Waals surface area contributed by atoms with Crippen molar-refractivity contribution in [2.45, 2.75) is 32.6 Å². The predicted octanol–water partition coefficient (Wildman–Crippen LogP) is 4.24. The summed E-state index contributed by atoms with van der Waals surface area (Å²) < 4.78 is 11.4. The van der Waals surface area contributed by atoms with E-state index in [1.165, 1.54) is 0 Å². The van der Waals surface area contributed by atoms with Crippen LogP contribution in [0.4, 0.5) is 0 Å². The van der Waals surface area contributed by atoms with Crippen LogP contribution in [0, 0.1) is 5.41 Å². The standard InChI is InChI=1S/C16H21BrO3/c1-16(7-3-4-8-16)15(18)12-5-6-14(13(17)11-12)20-10-9-19-2/h5-6,11H,3-4,7-10H2,1-2H3. The third kappa shape index (κ3) is 3.41. The van der Waals surface area contributed by atoms with E-state index in [0.717, 1.165) is 41.5 Å². The maximum absolute atomic E-state index is 12.6.